The first kappa shape index (κ1) is 16.5. The van der Waals surface area contributed by atoms with E-state index in [4.69, 9.17) is 0 Å². The first-order chi connectivity index (χ1) is 8.73. The smallest absolute Gasteiger partial charge is 0.222 e. The van der Waals surface area contributed by atoms with Crippen LogP contribution in [0, 0.1) is 17.3 Å². The van der Waals surface area contributed by atoms with E-state index in [0.29, 0.717) is 24.2 Å². The Bertz CT molecular complexity index is 290. The van der Waals surface area contributed by atoms with Crippen LogP contribution in [0.3, 0.4) is 0 Å². The van der Waals surface area contributed by atoms with Gasteiger partial charge in [0.05, 0.1) is 0 Å². The highest BCUT2D eigenvalue weighted by atomic mass is 16.2. The van der Waals surface area contributed by atoms with E-state index in [9.17, 15) is 4.79 Å². The highest BCUT2D eigenvalue weighted by Gasteiger charge is 2.29. The molecule has 1 amide bonds. The fourth-order valence-electron chi connectivity index (χ4n) is 2.75. The highest BCUT2D eigenvalue weighted by molar-refractivity contribution is 5.76. The van der Waals surface area contributed by atoms with E-state index in [-0.39, 0.29) is 11.5 Å². The van der Waals surface area contributed by atoms with Crippen LogP contribution >= 0.6 is 0 Å². The van der Waals surface area contributed by atoms with Gasteiger partial charge in [0.2, 0.25) is 5.91 Å². The number of rotatable bonds is 4. The van der Waals surface area contributed by atoms with Gasteiger partial charge >= 0.3 is 0 Å². The number of nitrogens with one attached hydrogen (secondary N) is 1. The van der Waals surface area contributed by atoms with E-state index >= 15 is 0 Å². The van der Waals surface area contributed by atoms with Crippen LogP contribution in [0.4, 0.5) is 0 Å². The topological polar surface area (TPSA) is 32.3 Å². The zero-order chi connectivity index (χ0) is 14.6. The number of hydrogen-bond donors (Lipinski definition) is 1. The summed E-state index contributed by atoms with van der Waals surface area (Å²) < 4.78 is 0. The third-order valence-electron chi connectivity index (χ3n) is 4.86. The van der Waals surface area contributed by atoms with Crippen molar-refractivity contribution < 1.29 is 4.79 Å². The van der Waals surface area contributed by atoms with Crippen molar-refractivity contribution in [3.05, 3.63) is 0 Å². The van der Waals surface area contributed by atoms with Crippen LogP contribution in [-0.4, -0.2) is 37.0 Å². The summed E-state index contributed by atoms with van der Waals surface area (Å²) in [6.07, 6.45) is 3.20. The van der Waals surface area contributed by atoms with Gasteiger partial charge in [-0.25, -0.2) is 0 Å². The monoisotopic (exact) mass is 268 g/mol. The van der Waals surface area contributed by atoms with E-state index in [1.807, 2.05) is 11.9 Å². The molecule has 19 heavy (non-hydrogen) atoms. The van der Waals surface area contributed by atoms with Crippen molar-refractivity contribution in [1.29, 1.82) is 0 Å². The van der Waals surface area contributed by atoms with Gasteiger partial charge in [0, 0.05) is 19.5 Å². The summed E-state index contributed by atoms with van der Waals surface area (Å²) in [5.41, 5.74) is 0.139. The second-order valence-electron chi connectivity index (χ2n) is 7.33. The van der Waals surface area contributed by atoms with E-state index in [1.165, 1.54) is 12.8 Å². The molecule has 1 rings (SSSR count). The molecule has 1 saturated heterocycles. The molecular formula is C16H32N2O. The molecule has 0 aromatic heterocycles. The zero-order valence-corrected chi connectivity index (χ0v) is 13.6. The van der Waals surface area contributed by atoms with Crippen molar-refractivity contribution >= 4 is 5.91 Å². The maximum atomic E-state index is 12.4. The van der Waals surface area contributed by atoms with E-state index in [1.54, 1.807) is 0 Å². The normalized spacial score (nSPS) is 23.8. The molecule has 0 bridgehead atoms. The molecule has 3 unspecified atom stereocenters. The third-order valence-corrected chi connectivity index (χ3v) is 4.86. The lowest BCUT2D eigenvalue weighted by Crippen LogP contribution is -2.44. The Morgan fingerprint density at radius 1 is 1.37 bits per heavy atom. The standard InChI is InChI=1S/C16H32N2O/c1-12(14-8-7-9-17-11-14)10-15(19)18(6)13(2)16(3,4)5/h12-14,17H,7-11H2,1-6H3. The summed E-state index contributed by atoms with van der Waals surface area (Å²) in [6.45, 7) is 13.2. The first-order valence-electron chi connectivity index (χ1n) is 7.70. The Balaban J connectivity index is 2.49. The Hall–Kier alpha value is -0.570. The minimum Gasteiger partial charge on any atom is -0.343 e. The average Bonchev–Trinajstić information content (AvgIpc) is 2.36. The SMILES string of the molecule is CC(CC(=O)N(C)C(C)C(C)(C)C)C1CCCNC1. The molecule has 3 atom stereocenters. The van der Waals surface area contributed by atoms with Crippen LogP contribution in [0.5, 0.6) is 0 Å². The predicted molar refractivity (Wildman–Crippen MR) is 81.1 cm³/mol. The second-order valence-corrected chi connectivity index (χ2v) is 7.33. The van der Waals surface area contributed by atoms with Gasteiger partial charge in [-0.1, -0.05) is 27.7 Å². The van der Waals surface area contributed by atoms with Gasteiger partial charge in [-0.05, 0) is 50.1 Å². The number of amides is 1. The summed E-state index contributed by atoms with van der Waals surface area (Å²) in [7, 11) is 1.95. The summed E-state index contributed by atoms with van der Waals surface area (Å²) in [5, 5.41) is 3.44. The summed E-state index contributed by atoms with van der Waals surface area (Å²) in [5.74, 6) is 1.44. The summed E-state index contributed by atoms with van der Waals surface area (Å²) in [4.78, 5) is 14.3. The van der Waals surface area contributed by atoms with Crippen molar-refractivity contribution in [2.75, 3.05) is 20.1 Å². The van der Waals surface area contributed by atoms with Crippen LogP contribution in [0.2, 0.25) is 0 Å². The van der Waals surface area contributed by atoms with Crippen LogP contribution in [0.25, 0.3) is 0 Å². The maximum absolute atomic E-state index is 12.4. The van der Waals surface area contributed by atoms with E-state index in [2.05, 4.69) is 39.9 Å². The van der Waals surface area contributed by atoms with Crippen LogP contribution in [-0.2, 0) is 4.79 Å². The van der Waals surface area contributed by atoms with Crippen molar-refractivity contribution in [3.63, 3.8) is 0 Å². The molecule has 1 heterocycles. The zero-order valence-electron chi connectivity index (χ0n) is 13.6. The molecule has 1 aliphatic heterocycles. The Labute approximate surface area is 119 Å². The largest absolute Gasteiger partial charge is 0.343 e. The van der Waals surface area contributed by atoms with Gasteiger partial charge in [-0.15, -0.1) is 0 Å². The maximum Gasteiger partial charge on any atom is 0.222 e. The lowest BCUT2D eigenvalue weighted by atomic mass is 9.84. The van der Waals surface area contributed by atoms with Gasteiger partial charge in [0.1, 0.15) is 0 Å². The third kappa shape index (κ3) is 4.79. The molecule has 0 aromatic rings. The highest BCUT2D eigenvalue weighted by Crippen LogP contribution is 2.26. The predicted octanol–water partition coefficient (Wildman–Crippen LogP) is 2.91. The summed E-state index contributed by atoms with van der Waals surface area (Å²) >= 11 is 0. The fraction of sp³-hybridized carbons (Fsp3) is 0.938. The number of hydrogen-bond acceptors (Lipinski definition) is 2. The van der Waals surface area contributed by atoms with Crippen LogP contribution < -0.4 is 5.32 Å². The quantitative estimate of drug-likeness (QED) is 0.850. The molecule has 1 N–H and O–H groups in total. The second kappa shape index (κ2) is 6.74. The molecule has 0 radical (unpaired) electrons. The van der Waals surface area contributed by atoms with Crippen molar-refractivity contribution in [2.45, 2.75) is 59.9 Å². The van der Waals surface area contributed by atoms with Gasteiger partial charge < -0.3 is 10.2 Å². The number of carbonyl (C=O) groups is 1. The Morgan fingerprint density at radius 2 is 2.00 bits per heavy atom. The molecule has 0 saturated carbocycles. The lowest BCUT2D eigenvalue weighted by molar-refractivity contribution is -0.135. The van der Waals surface area contributed by atoms with Crippen molar-refractivity contribution in [2.24, 2.45) is 17.3 Å². The Kier molecular flexibility index (Phi) is 5.84. The van der Waals surface area contributed by atoms with E-state index < -0.39 is 0 Å². The minimum atomic E-state index is 0.139. The molecule has 0 aromatic carbocycles. The average molecular weight is 268 g/mol. The molecule has 3 nitrogen and oxygen atoms in total. The van der Waals surface area contributed by atoms with Gasteiger partial charge in [0.15, 0.2) is 0 Å². The number of carbonyl (C=O) groups excluding carboxylic acids is 1. The molecular weight excluding hydrogens is 236 g/mol. The first-order valence-corrected chi connectivity index (χ1v) is 7.70. The Morgan fingerprint density at radius 3 is 2.47 bits per heavy atom. The molecule has 0 spiro atoms. The van der Waals surface area contributed by atoms with E-state index in [0.717, 1.165) is 13.1 Å². The van der Waals surface area contributed by atoms with Crippen LogP contribution in [0.1, 0.15) is 53.9 Å². The molecule has 1 fully saturated rings. The van der Waals surface area contributed by atoms with Gasteiger partial charge in [0.25, 0.3) is 0 Å². The number of nitrogens with zero attached hydrogens (tertiary/aromatic N) is 1. The molecule has 112 valence electrons. The molecule has 0 aliphatic carbocycles. The number of piperidine rings is 1. The lowest BCUT2D eigenvalue weighted by Gasteiger charge is -2.36. The van der Waals surface area contributed by atoms with Crippen molar-refractivity contribution in [3.8, 4) is 0 Å². The molecule has 3 heteroatoms. The van der Waals surface area contributed by atoms with Gasteiger partial charge in [-0.3, -0.25) is 4.79 Å². The molecule has 1 aliphatic rings. The van der Waals surface area contributed by atoms with Gasteiger partial charge in [-0.2, -0.15) is 0 Å². The summed E-state index contributed by atoms with van der Waals surface area (Å²) in [6, 6.07) is 0.275. The van der Waals surface area contributed by atoms with Crippen molar-refractivity contribution in [1.82, 2.24) is 10.2 Å². The minimum absolute atomic E-state index is 0.139. The van der Waals surface area contributed by atoms with Crippen LogP contribution in [0.15, 0.2) is 0 Å². The fourth-order valence-corrected chi connectivity index (χ4v) is 2.75.